The van der Waals surface area contributed by atoms with E-state index in [1.807, 2.05) is 0 Å². The van der Waals surface area contributed by atoms with Crippen molar-refractivity contribution in [2.75, 3.05) is 0 Å². The number of hydrogen-bond donors (Lipinski definition) is 0. The van der Waals surface area contributed by atoms with Gasteiger partial charge in [-0.25, -0.2) is 4.39 Å². The first kappa shape index (κ1) is 12.4. The van der Waals surface area contributed by atoms with Crippen molar-refractivity contribution in [3.05, 3.63) is 36.0 Å². The minimum Gasteiger partial charge on any atom is -0.338 e. The molecule has 18 heavy (non-hydrogen) atoms. The summed E-state index contributed by atoms with van der Waals surface area (Å²) in [5.74, 6) is -0.202. The first-order valence-electron chi connectivity index (χ1n) is 5.74. The van der Waals surface area contributed by atoms with Crippen molar-refractivity contribution >= 4 is 5.78 Å². The molecule has 0 aliphatic rings. The number of aromatic nitrogens is 2. The van der Waals surface area contributed by atoms with Crippen molar-refractivity contribution in [3.63, 3.8) is 0 Å². The van der Waals surface area contributed by atoms with Crippen LogP contribution in [-0.4, -0.2) is 15.9 Å². The van der Waals surface area contributed by atoms with Gasteiger partial charge in [-0.2, -0.15) is 4.98 Å². The van der Waals surface area contributed by atoms with Gasteiger partial charge in [0, 0.05) is 12.0 Å². The zero-order valence-electron chi connectivity index (χ0n) is 10.2. The van der Waals surface area contributed by atoms with Crippen LogP contribution >= 0.6 is 0 Å². The van der Waals surface area contributed by atoms with E-state index in [2.05, 4.69) is 10.1 Å². The number of carbonyl (C=O) groups excluding carboxylic acids is 1. The Hall–Kier alpha value is -2.04. The van der Waals surface area contributed by atoms with E-state index in [1.54, 1.807) is 26.0 Å². The Balaban J connectivity index is 2.28. The Morgan fingerprint density at radius 3 is 2.94 bits per heavy atom. The lowest BCUT2D eigenvalue weighted by Gasteiger charge is -2.01. The van der Waals surface area contributed by atoms with Gasteiger partial charge in [0.1, 0.15) is 11.6 Å². The van der Waals surface area contributed by atoms with Crippen LogP contribution < -0.4 is 0 Å². The number of carbonyl (C=O) groups is 1. The first-order chi connectivity index (χ1) is 8.61. The molecule has 0 bridgehead atoms. The molecular formula is C13H13FN2O2. The number of nitrogens with zero attached hydrogens (tertiary/aromatic N) is 2. The number of halogens is 1. The van der Waals surface area contributed by atoms with Gasteiger partial charge in [0.15, 0.2) is 0 Å². The Morgan fingerprint density at radius 2 is 2.28 bits per heavy atom. The summed E-state index contributed by atoms with van der Waals surface area (Å²) in [7, 11) is 0. The Labute approximate surface area is 104 Å². The molecule has 0 fully saturated rings. The highest BCUT2D eigenvalue weighted by Gasteiger charge is 2.20. The van der Waals surface area contributed by atoms with E-state index in [4.69, 9.17) is 4.52 Å². The SMILES string of the molecule is CCC(=O)C(C)c1nc(-c2cccc(F)c2)no1. The highest BCUT2D eigenvalue weighted by Crippen LogP contribution is 2.21. The van der Waals surface area contributed by atoms with Gasteiger partial charge in [-0.3, -0.25) is 4.79 Å². The van der Waals surface area contributed by atoms with Gasteiger partial charge in [0.2, 0.25) is 11.7 Å². The number of Topliss-reactive ketones (excluding diaryl/α,β-unsaturated/α-hetero) is 1. The zero-order chi connectivity index (χ0) is 13.1. The van der Waals surface area contributed by atoms with Gasteiger partial charge >= 0.3 is 0 Å². The predicted octanol–water partition coefficient (Wildman–Crippen LogP) is 2.96. The summed E-state index contributed by atoms with van der Waals surface area (Å²) in [6.45, 7) is 3.50. The van der Waals surface area contributed by atoms with E-state index in [9.17, 15) is 9.18 Å². The third-order valence-electron chi connectivity index (χ3n) is 2.73. The summed E-state index contributed by atoms with van der Waals surface area (Å²) in [5, 5.41) is 3.76. The van der Waals surface area contributed by atoms with Gasteiger partial charge in [-0.1, -0.05) is 24.2 Å². The highest BCUT2D eigenvalue weighted by atomic mass is 19.1. The molecule has 0 radical (unpaired) electrons. The maximum absolute atomic E-state index is 13.1. The third kappa shape index (κ3) is 2.45. The second-order valence-electron chi connectivity index (χ2n) is 4.01. The third-order valence-corrected chi connectivity index (χ3v) is 2.73. The molecule has 2 aromatic rings. The number of rotatable bonds is 4. The van der Waals surface area contributed by atoms with Gasteiger partial charge < -0.3 is 4.52 Å². The smallest absolute Gasteiger partial charge is 0.237 e. The summed E-state index contributed by atoms with van der Waals surface area (Å²) in [5.41, 5.74) is 0.529. The Kier molecular flexibility index (Phi) is 3.50. The molecule has 1 aromatic heterocycles. The lowest BCUT2D eigenvalue weighted by atomic mass is 10.1. The molecule has 1 atom stereocenters. The van der Waals surface area contributed by atoms with Crippen LogP contribution in [0.4, 0.5) is 4.39 Å². The van der Waals surface area contributed by atoms with E-state index in [1.165, 1.54) is 12.1 Å². The van der Waals surface area contributed by atoms with E-state index < -0.39 is 5.92 Å². The second kappa shape index (κ2) is 5.08. The zero-order valence-corrected chi connectivity index (χ0v) is 10.2. The fourth-order valence-electron chi connectivity index (χ4n) is 1.60. The molecule has 0 spiro atoms. The summed E-state index contributed by atoms with van der Waals surface area (Å²) in [6, 6.07) is 5.92. The van der Waals surface area contributed by atoms with E-state index >= 15 is 0 Å². The fraction of sp³-hybridized carbons (Fsp3) is 0.308. The van der Waals surface area contributed by atoms with Crippen molar-refractivity contribution < 1.29 is 13.7 Å². The molecule has 1 aromatic carbocycles. The molecule has 0 amide bonds. The standard InChI is InChI=1S/C13H13FN2O2/c1-3-11(17)8(2)13-15-12(16-18-13)9-5-4-6-10(14)7-9/h4-8H,3H2,1-2H3. The maximum atomic E-state index is 13.1. The Bertz CT molecular complexity index is 566. The largest absolute Gasteiger partial charge is 0.338 e. The molecule has 0 aliphatic carbocycles. The number of benzene rings is 1. The topological polar surface area (TPSA) is 56.0 Å². The van der Waals surface area contributed by atoms with E-state index in [-0.39, 0.29) is 17.5 Å². The van der Waals surface area contributed by atoms with E-state index in [0.717, 1.165) is 0 Å². The lowest BCUT2D eigenvalue weighted by Crippen LogP contribution is -2.07. The van der Waals surface area contributed by atoms with Crippen LogP contribution in [0.2, 0.25) is 0 Å². The molecule has 2 rings (SSSR count). The van der Waals surface area contributed by atoms with Crippen molar-refractivity contribution in [2.24, 2.45) is 0 Å². The number of ketones is 1. The minimum absolute atomic E-state index is 0.0319. The minimum atomic E-state index is -0.426. The molecule has 0 saturated heterocycles. The second-order valence-corrected chi connectivity index (χ2v) is 4.01. The molecule has 0 N–H and O–H groups in total. The maximum Gasteiger partial charge on any atom is 0.237 e. The molecule has 0 aliphatic heterocycles. The monoisotopic (exact) mass is 248 g/mol. The van der Waals surface area contributed by atoms with Gasteiger partial charge in [0.05, 0.1) is 5.92 Å². The molecular weight excluding hydrogens is 235 g/mol. The van der Waals surface area contributed by atoms with Crippen LogP contribution in [0.5, 0.6) is 0 Å². The molecule has 1 unspecified atom stereocenters. The van der Waals surface area contributed by atoms with Crippen molar-refractivity contribution in [3.8, 4) is 11.4 Å². The van der Waals surface area contributed by atoms with Crippen LogP contribution in [0.3, 0.4) is 0 Å². The predicted molar refractivity (Wildman–Crippen MR) is 63.4 cm³/mol. The summed E-state index contributed by atoms with van der Waals surface area (Å²) in [6.07, 6.45) is 0.416. The van der Waals surface area contributed by atoms with Crippen LogP contribution in [-0.2, 0) is 4.79 Å². The van der Waals surface area contributed by atoms with Crippen molar-refractivity contribution in [1.29, 1.82) is 0 Å². The molecule has 5 heteroatoms. The van der Waals surface area contributed by atoms with Crippen LogP contribution in [0.1, 0.15) is 32.1 Å². The van der Waals surface area contributed by atoms with Gasteiger partial charge in [0.25, 0.3) is 0 Å². The number of hydrogen-bond acceptors (Lipinski definition) is 4. The van der Waals surface area contributed by atoms with E-state index in [0.29, 0.717) is 17.8 Å². The quantitative estimate of drug-likeness (QED) is 0.834. The molecule has 4 nitrogen and oxygen atoms in total. The molecule has 1 heterocycles. The molecule has 0 saturated carbocycles. The average Bonchev–Trinajstić information content (AvgIpc) is 2.86. The van der Waals surface area contributed by atoms with Crippen LogP contribution in [0, 0.1) is 5.82 Å². The van der Waals surface area contributed by atoms with Crippen LogP contribution in [0.25, 0.3) is 11.4 Å². The highest BCUT2D eigenvalue weighted by molar-refractivity contribution is 5.84. The average molecular weight is 248 g/mol. The Morgan fingerprint density at radius 1 is 1.50 bits per heavy atom. The lowest BCUT2D eigenvalue weighted by molar-refractivity contribution is -0.120. The summed E-state index contributed by atoms with van der Waals surface area (Å²) < 4.78 is 18.1. The van der Waals surface area contributed by atoms with Crippen molar-refractivity contribution in [1.82, 2.24) is 10.1 Å². The van der Waals surface area contributed by atoms with Crippen LogP contribution in [0.15, 0.2) is 28.8 Å². The first-order valence-corrected chi connectivity index (χ1v) is 5.74. The summed E-state index contributed by atoms with van der Waals surface area (Å²) >= 11 is 0. The molecule has 94 valence electrons. The van der Waals surface area contributed by atoms with Gasteiger partial charge in [-0.05, 0) is 19.1 Å². The van der Waals surface area contributed by atoms with Gasteiger partial charge in [-0.15, -0.1) is 0 Å². The summed E-state index contributed by atoms with van der Waals surface area (Å²) in [4.78, 5) is 15.6. The van der Waals surface area contributed by atoms with Crippen molar-refractivity contribution in [2.45, 2.75) is 26.2 Å². The fourth-order valence-corrected chi connectivity index (χ4v) is 1.60. The normalized spacial score (nSPS) is 12.4.